The van der Waals surface area contributed by atoms with E-state index in [1.807, 2.05) is 0 Å². The first-order valence-corrected chi connectivity index (χ1v) is 7.68. The number of nitrogens with zero attached hydrogens (tertiary/aromatic N) is 1. The van der Waals surface area contributed by atoms with E-state index < -0.39 is 0 Å². The van der Waals surface area contributed by atoms with Crippen molar-refractivity contribution in [2.45, 2.75) is 65.0 Å². The summed E-state index contributed by atoms with van der Waals surface area (Å²) in [7, 11) is 0. The van der Waals surface area contributed by atoms with Gasteiger partial charge in [0.2, 0.25) is 0 Å². The van der Waals surface area contributed by atoms with Crippen molar-refractivity contribution in [3.05, 3.63) is 0 Å². The third kappa shape index (κ3) is 3.45. The van der Waals surface area contributed by atoms with Crippen molar-refractivity contribution in [3.63, 3.8) is 0 Å². The molecule has 0 amide bonds. The van der Waals surface area contributed by atoms with Crippen molar-refractivity contribution >= 4 is 0 Å². The maximum atomic E-state index is 3.71. The van der Waals surface area contributed by atoms with Crippen LogP contribution in [0.5, 0.6) is 0 Å². The Balaban J connectivity index is 1.92. The van der Waals surface area contributed by atoms with E-state index >= 15 is 0 Å². The number of hydrogen-bond acceptors (Lipinski definition) is 2. The second-order valence-electron chi connectivity index (χ2n) is 6.43. The summed E-state index contributed by atoms with van der Waals surface area (Å²) < 4.78 is 0. The highest BCUT2D eigenvalue weighted by Crippen LogP contribution is 2.27. The molecule has 0 radical (unpaired) electrons. The average molecular weight is 238 g/mol. The quantitative estimate of drug-likeness (QED) is 0.810. The molecule has 2 unspecified atom stereocenters. The summed E-state index contributed by atoms with van der Waals surface area (Å²) in [5.41, 5.74) is 0. The molecule has 1 saturated heterocycles. The molecule has 1 heterocycles. The SMILES string of the molecule is CCC1CN(CC2CCCC2)C(C(C)C)CN1. The van der Waals surface area contributed by atoms with Gasteiger partial charge in [-0.15, -0.1) is 0 Å². The molecule has 1 N–H and O–H groups in total. The molecule has 1 saturated carbocycles. The fourth-order valence-corrected chi connectivity index (χ4v) is 3.56. The Hall–Kier alpha value is -0.0800. The third-order valence-corrected chi connectivity index (χ3v) is 4.77. The van der Waals surface area contributed by atoms with Crippen LogP contribution in [0.2, 0.25) is 0 Å². The van der Waals surface area contributed by atoms with E-state index in [-0.39, 0.29) is 0 Å². The maximum absolute atomic E-state index is 3.71. The van der Waals surface area contributed by atoms with E-state index in [0.29, 0.717) is 0 Å². The highest BCUT2D eigenvalue weighted by Gasteiger charge is 2.31. The van der Waals surface area contributed by atoms with Crippen molar-refractivity contribution in [3.8, 4) is 0 Å². The minimum absolute atomic E-state index is 0.728. The van der Waals surface area contributed by atoms with Gasteiger partial charge in [0.25, 0.3) is 0 Å². The highest BCUT2D eigenvalue weighted by molar-refractivity contribution is 4.88. The molecule has 1 aliphatic heterocycles. The van der Waals surface area contributed by atoms with Crippen LogP contribution in [0, 0.1) is 11.8 Å². The summed E-state index contributed by atoms with van der Waals surface area (Å²) in [6.07, 6.45) is 7.17. The molecule has 2 fully saturated rings. The third-order valence-electron chi connectivity index (χ3n) is 4.77. The Labute approximate surface area is 107 Å². The van der Waals surface area contributed by atoms with Crippen LogP contribution in [0.3, 0.4) is 0 Å². The summed E-state index contributed by atoms with van der Waals surface area (Å²) >= 11 is 0. The molecule has 2 nitrogen and oxygen atoms in total. The number of piperazine rings is 1. The summed E-state index contributed by atoms with van der Waals surface area (Å²) in [6.45, 7) is 10.9. The van der Waals surface area contributed by atoms with Crippen LogP contribution in [-0.2, 0) is 0 Å². The lowest BCUT2D eigenvalue weighted by Gasteiger charge is -2.43. The van der Waals surface area contributed by atoms with Gasteiger partial charge in [0.1, 0.15) is 0 Å². The van der Waals surface area contributed by atoms with Crippen LogP contribution >= 0.6 is 0 Å². The Morgan fingerprint density at radius 1 is 1.24 bits per heavy atom. The number of hydrogen-bond donors (Lipinski definition) is 1. The van der Waals surface area contributed by atoms with Gasteiger partial charge in [0, 0.05) is 31.7 Å². The minimum atomic E-state index is 0.728. The zero-order valence-electron chi connectivity index (χ0n) is 11.9. The van der Waals surface area contributed by atoms with Gasteiger partial charge in [0.15, 0.2) is 0 Å². The fourth-order valence-electron chi connectivity index (χ4n) is 3.56. The molecule has 2 atom stereocenters. The topological polar surface area (TPSA) is 15.3 Å². The van der Waals surface area contributed by atoms with E-state index in [4.69, 9.17) is 0 Å². The molecule has 17 heavy (non-hydrogen) atoms. The zero-order valence-corrected chi connectivity index (χ0v) is 11.9. The van der Waals surface area contributed by atoms with Crippen molar-refractivity contribution in [2.75, 3.05) is 19.6 Å². The molecule has 0 bridgehead atoms. The van der Waals surface area contributed by atoms with Crippen LogP contribution in [0.15, 0.2) is 0 Å². The molecule has 2 heteroatoms. The fraction of sp³-hybridized carbons (Fsp3) is 1.00. The minimum Gasteiger partial charge on any atom is -0.311 e. The molecule has 0 aromatic heterocycles. The summed E-state index contributed by atoms with van der Waals surface area (Å²) in [5.74, 6) is 1.77. The van der Waals surface area contributed by atoms with E-state index in [0.717, 1.165) is 23.9 Å². The molecule has 0 spiro atoms. The van der Waals surface area contributed by atoms with Crippen molar-refractivity contribution < 1.29 is 0 Å². The first-order valence-electron chi connectivity index (χ1n) is 7.68. The van der Waals surface area contributed by atoms with Crippen LogP contribution in [0.1, 0.15) is 52.9 Å². The van der Waals surface area contributed by atoms with E-state index in [1.54, 1.807) is 0 Å². The predicted octanol–water partition coefficient (Wildman–Crippen LogP) is 2.89. The Kier molecular flexibility index (Phi) is 4.87. The van der Waals surface area contributed by atoms with Gasteiger partial charge >= 0.3 is 0 Å². The van der Waals surface area contributed by atoms with E-state index in [1.165, 1.54) is 51.7 Å². The smallest absolute Gasteiger partial charge is 0.0244 e. The Morgan fingerprint density at radius 3 is 2.53 bits per heavy atom. The van der Waals surface area contributed by atoms with Crippen LogP contribution in [0.4, 0.5) is 0 Å². The standard InChI is InChI=1S/C15H30N2/c1-4-14-11-17(10-13-7-5-6-8-13)15(9-16-14)12(2)3/h12-16H,4-11H2,1-3H3. The van der Waals surface area contributed by atoms with Crippen LogP contribution in [0.25, 0.3) is 0 Å². The molecule has 100 valence electrons. The van der Waals surface area contributed by atoms with Gasteiger partial charge in [-0.2, -0.15) is 0 Å². The summed E-state index contributed by atoms with van der Waals surface area (Å²) in [4.78, 5) is 2.80. The monoisotopic (exact) mass is 238 g/mol. The molecule has 0 aromatic rings. The Morgan fingerprint density at radius 2 is 1.94 bits per heavy atom. The van der Waals surface area contributed by atoms with Gasteiger partial charge in [-0.3, -0.25) is 4.90 Å². The van der Waals surface area contributed by atoms with Crippen molar-refractivity contribution in [1.82, 2.24) is 10.2 Å². The maximum Gasteiger partial charge on any atom is 0.0244 e. The van der Waals surface area contributed by atoms with Gasteiger partial charge in [-0.1, -0.05) is 33.6 Å². The van der Waals surface area contributed by atoms with E-state index in [9.17, 15) is 0 Å². The largest absolute Gasteiger partial charge is 0.311 e. The summed E-state index contributed by atoms with van der Waals surface area (Å²) in [5, 5.41) is 3.71. The lowest BCUT2D eigenvalue weighted by Crippen LogP contribution is -2.58. The number of rotatable bonds is 4. The summed E-state index contributed by atoms with van der Waals surface area (Å²) in [6, 6.07) is 1.49. The van der Waals surface area contributed by atoms with Gasteiger partial charge in [-0.25, -0.2) is 0 Å². The highest BCUT2D eigenvalue weighted by atomic mass is 15.2. The van der Waals surface area contributed by atoms with E-state index in [2.05, 4.69) is 31.0 Å². The molecular weight excluding hydrogens is 208 g/mol. The van der Waals surface area contributed by atoms with Gasteiger partial charge < -0.3 is 5.32 Å². The first kappa shape index (κ1) is 13.4. The van der Waals surface area contributed by atoms with Crippen LogP contribution in [-0.4, -0.2) is 36.6 Å². The lowest BCUT2D eigenvalue weighted by molar-refractivity contribution is 0.0812. The van der Waals surface area contributed by atoms with Crippen molar-refractivity contribution in [1.29, 1.82) is 0 Å². The normalized spacial score (nSPS) is 32.5. The Bertz CT molecular complexity index is 221. The average Bonchev–Trinajstić information content (AvgIpc) is 2.81. The molecule has 2 rings (SSSR count). The van der Waals surface area contributed by atoms with Gasteiger partial charge in [-0.05, 0) is 31.1 Å². The molecule has 1 aliphatic carbocycles. The molecule has 2 aliphatic rings. The second kappa shape index (κ2) is 6.19. The number of nitrogens with one attached hydrogen (secondary N) is 1. The van der Waals surface area contributed by atoms with Gasteiger partial charge in [0.05, 0.1) is 0 Å². The predicted molar refractivity (Wildman–Crippen MR) is 74.2 cm³/mol. The molecule has 0 aromatic carbocycles. The second-order valence-corrected chi connectivity index (χ2v) is 6.43. The molecular formula is C15H30N2. The lowest BCUT2D eigenvalue weighted by atomic mass is 9.95. The first-order chi connectivity index (χ1) is 8.20. The van der Waals surface area contributed by atoms with Crippen molar-refractivity contribution in [2.24, 2.45) is 11.8 Å². The zero-order chi connectivity index (χ0) is 12.3. The van der Waals surface area contributed by atoms with Crippen LogP contribution < -0.4 is 5.32 Å².